The highest BCUT2D eigenvalue weighted by Gasteiger charge is 2.24. The first-order valence-corrected chi connectivity index (χ1v) is 8.68. The first-order chi connectivity index (χ1) is 11.6. The fourth-order valence-corrected chi connectivity index (χ4v) is 2.90. The van der Waals surface area contributed by atoms with Crippen molar-refractivity contribution in [3.63, 3.8) is 0 Å². The molecule has 134 valence electrons. The SMILES string of the molecule is CC(=O)Oc1ccc(C(C)(C)c2ccc(OC(C)C)c(C)c2)cc1C. The van der Waals surface area contributed by atoms with Gasteiger partial charge in [-0.2, -0.15) is 0 Å². The average molecular weight is 340 g/mol. The van der Waals surface area contributed by atoms with Gasteiger partial charge in [-0.05, 0) is 62.1 Å². The van der Waals surface area contributed by atoms with Crippen LogP contribution in [0.25, 0.3) is 0 Å². The van der Waals surface area contributed by atoms with Gasteiger partial charge in [0, 0.05) is 12.3 Å². The summed E-state index contributed by atoms with van der Waals surface area (Å²) >= 11 is 0. The van der Waals surface area contributed by atoms with Crippen molar-refractivity contribution in [2.24, 2.45) is 0 Å². The van der Waals surface area contributed by atoms with E-state index in [-0.39, 0.29) is 17.5 Å². The van der Waals surface area contributed by atoms with Crippen molar-refractivity contribution in [2.45, 2.75) is 60.0 Å². The van der Waals surface area contributed by atoms with Crippen LogP contribution in [0.5, 0.6) is 11.5 Å². The Morgan fingerprint density at radius 2 is 1.40 bits per heavy atom. The van der Waals surface area contributed by atoms with Crippen LogP contribution in [0.15, 0.2) is 36.4 Å². The van der Waals surface area contributed by atoms with Gasteiger partial charge >= 0.3 is 5.97 Å². The summed E-state index contributed by atoms with van der Waals surface area (Å²) in [4.78, 5) is 11.2. The van der Waals surface area contributed by atoms with Crippen LogP contribution in [0.4, 0.5) is 0 Å². The third-order valence-electron chi connectivity index (χ3n) is 4.41. The predicted molar refractivity (Wildman–Crippen MR) is 102 cm³/mol. The molecule has 0 aromatic heterocycles. The molecule has 0 unspecified atom stereocenters. The van der Waals surface area contributed by atoms with E-state index in [9.17, 15) is 4.79 Å². The lowest BCUT2D eigenvalue weighted by molar-refractivity contribution is -0.131. The fourth-order valence-electron chi connectivity index (χ4n) is 2.90. The molecule has 0 N–H and O–H groups in total. The molecule has 0 heterocycles. The summed E-state index contributed by atoms with van der Waals surface area (Å²) in [7, 11) is 0. The number of hydrogen-bond donors (Lipinski definition) is 0. The number of aryl methyl sites for hydroxylation is 2. The predicted octanol–water partition coefficient (Wildman–Crippen LogP) is 5.34. The standard InChI is InChI=1S/C22H28O3/c1-14(2)24-20-10-8-18(12-15(20)3)22(6,7)19-9-11-21(16(4)13-19)25-17(5)23/h8-14H,1-7H3. The normalized spacial score (nSPS) is 11.5. The molecule has 0 atom stereocenters. The Bertz CT molecular complexity index is 773. The summed E-state index contributed by atoms with van der Waals surface area (Å²) in [6.45, 7) is 13.9. The molecule has 0 amide bonds. The van der Waals surface area contributed by atoms with Gasteiger partial charge in [-0.3, -0.25) is 4.79 Å². The number of carbonyl (C=O) groups is 1. The van der Waals surface area contributed by atoms with Crippen LogP contribution in [0, 0.1) is 13.8 Å². The summed E-state index contributed by atoms with van der Waals surface area (Å²) in [6, 6.07) is 12.3. The number of carbonyl (C=O) groups excluding carboxylic acids is 1. The van der Waals surface area contributed by atoms with Gasteiger partial charge in [0.1, 0.15) is 11.5 Å². The fraction of sp³-hybridized carbons (Fsp3) is 0.409. The van der Waals surface area contributed by atoms with Crippen LogP contribution < -0.4 is 9.47 Å². The van der Waals surface area contributed by atoms with Gasteiger partial charge in [0.05, 0.1) is 6.10 Å². The zero-order chi connectivity index (χ0) is 18.8. The molecule has 0 aliphatic heterocycles. The molecule has 0 aliphatic rings. The van der Waals surface area contributed by atoms with E-state index in [2.05, 4.69) is 39.0 Å². The van der Waals surface area contributed by atoms with Crippen LogP contribution >= 0.6 is 0 Å². The van der Waals surface area contributed by atoms with Crippen molar-refractivity contribution in [2.75, 3.05) is 0 Å². The van der Waals surface area contributed by atoms with Crippen molar-refractivity contribution >= 4 is 5.97 Å². The van der Waals surface area contributed by atoms with E-state index >= 15 is 0 Å². The van der Waals surface area contributed by atoms with Crippen LogP contribution in [0.1, 0.15) is 56.9 Å². The van der Waals surface area contributed by atoms with E-state index < -0.39 is 0 Å². The lowest BCUT2D eigenvalue weighted by Gasteiger charge is -2.28. The van der Waals surface area contributed by atoms with Crippen molar-refractivity contribution in [1.29, 1.82) is 0 Å². The van der Waals surface area contributed by atoms with Crippen LogP contribution in [0.3, 0.4) is 0 Å². The number of hydrogen-bond acceptors (Lipinski definition) is 3. The maximum Gasteiger partial charge on any atom is 0.308 e. The zero-order valence-electron chi connectivity index (χ0n) is 16.3. The van der Waals surface area contributed by atoms with Crippen LogP contribution in [-0.4, -0.2) is 12.1 Å². The number of rotatable bonds is 5. The summed E-state index contributed by atoms with van der Waals surface area (Å²) in [5.41, 5.74) is 4.32. The third kappa shape index (κ3) is 4.41. The second-order valence-corrected chi connectivity index (χ2v) is 7.35. The lowest BCUT2D eigenvalue weighted by atomic mass is 9.77. The monoisotopic (exact) mass is 340 g/mol. The maximum atomic E-state index is 11.2. The molecule has 2 aromatic rings. The second-order valence-electron chi connectivity index (χ2n) is 7.35. The Balaban J connectivity index is 2.36. The Morgan fingerprint density at radius 3 is 1.80 bits per heavy atom. The molecule has 0 saturated heterocycles. The van der Waals surface area contributed by atoms with Gasteiger partial charge < -0.3 is 9.47 Å². The summed E-state index contributed by atoms with van der Waals surface area (Å²) < 4.78 is 11.1. The van der Waals surface area contributed by atoms with E-state index in [4.69, 9.17) is 9.47 Å². The van der Waals surface area contributed by atoms with E-state index in [1.807, 2.05) is 39.0 Å². The van der Waals surface area contributed by atoms with Crippen molar-refractivity contribution < 1.29 is 14.3 Å². The minimum atomic E-state index is -0.300. The molecule has 0 spiro atoms. The molecule has 3 heteroatoms. The molecule has 0 radical (unpaired) electrons. The molecule has 2 rings (SSSR count). The molecule has 3 nitrogen and oxygen atoms in total. The number of esters is 1. The van der Waals surface area contributed by atoms with Gasteiger partial charge in [0.15, 0.2) is 0 Å². The maximum absolute atomic E-state index is 11.2. The molecular weight excluding hydrogens is 312 g/mol. The Labute approximate surface area is 151 Å². The first kappa shape index (κ1) is 19.0. The largest absolute Gasteiger partial charge is 0.491 e. The minimum absolute atomic E-state index is 0.161. The van der Waals surface area contributed by atoms with Crippen molar-refractivity contribution in [1.82, 2.24) is 0 Å². The molecule has 0 bridgehead atoms. The molecule has 0 fully saturated rings. The Kier molecular flexibility index (Phi) is 5.56. The summed E-state index contributed by atoms with van der Waals surface area (Å²) in [6.07, 6.45) is 0.161. The van der Waals surface area contributed by atoms with Crippen LogP contribution in [-0.2, 0) is 10.2 Å². The van der Waals surface area contributed by atoms with Crippen molar-refractivity contribution in [3.8, 4) is 11.5 Å². The number of benzene rings is 2. The summed E-state index contributed by atoms with van der Waals surface area (Å²) in [5.74, 6) is 1.24. The Morgan fingerprint density at radius 1 is 0.920 bits per heavy atom. The van der Waals surface area contributed by atoms with E-state index in [1.54, 1.807) is 0 Å². The van der Waals surface area contributed by atoms with Gasteiger partial charge in [0.2, 0.25) is 0 Å². The van der Waals surface area contributed by atoms with Crippen molar-refractivity contribution in [3.05, 3.63) is 58.7 Å². The second kappa shape index (κ2) is 7.30. The first-order valence-electron chi connectivity index (χ1n) is 8.68. The summed E-state index contributed by atoms with van der Waals surface area (Å²) in [5, 5.41) is 0. The Hall–Kier alpha value is -2.29. The van der Waals surface area contributed by atoms with E-state index in [1.165, 1.54) is 18.1 Å². The van der Waals surface area contributed by atoms with E-state index in [0.717, 1.165) is 16.9 Å². The minimum Gasteiger partial charge on any atom is -0.491 e. The molecule has 0 saturated carbocycles. The van der Waals surface area contributed by atoms with Gasteiger partial charge in [0.25, 0.3) is 0 Å². The highest BCUT2D eigenvalue weighted by atomic mass is 16.5. The van der Waals surface area contributed by atoms with E-state index in [0.29, 0.717) is 5.75 Å². The van der Waals surface area contributed by atoms with Crippen LogP contribution in [0.2, 0.25) is 0 Å². The average Bonchev–Trinajstić information content (AvgIpc) is 2.50. The van der Waals surface area contributed by atoms with Gasteiger partial charge in [-0.1, -0.05) is 38.1 Å². The highest BCUT2D eigenvalue weighted by Crippen LogP contribution is 2.36. The lowest BCUT2D eigenvalue weighted by Crippen LogP contribution is -2.19. The molecule has 2 aromatic carbocycles. The molecule has 0 aliphatic carbocycles. The van der Waals surface area contributed by atoms with Gasteiger partial charge in [-0.25, -0.2) is 0 Å². The molecule has 25 heavy (non-hydrogen) atoms. The quantitative estimate of drug-likeness (QED) is 0.544. The molecular formula is C22H28O3. The topological polar surface area (TPSA) is 35.5 Å². The zero-order valence-corrected chi connectivity index (χ0v) is 16.3. The highest BCUT2D eigenvalue weighted by molar-refractivity contribution is 5.69. The van der Waals surface area contributed by atoms with Gasteiger partial charge in [-0.15, -0.1) is 0 Å². The number of ether oxygens (including phenoxy) is 2. The smallest absolute Gasteiger partial charge is 0.308 e. The third-order valence-corrected chi connectivity index (χ3v) is 4.41.